The first-order chi connectivity index (χ1) is 7.92. The molecule has 17 heavy (non-hydrogen) atoms. The first-order valence-corrected chi connectivity index (χ1v) is 10.6. The summed E-state index contributed by atoms with van der Waals surface area (Å²) >= 11 is 2.69. The van der Waals surface area contributed by atoms with Crippen LogP contribution in [-0.4, -0.2) is 24.7 Å². The van der Waals surface area contributed by atoms with Crippen LogP contribution >= 0.6 is 28.4 Å². The average Bonchev–Trinajstić information content (AvgIpc) is 2.29. The minimum Gasteiger partial charge on any atom is -0.380 e. The van der Waals surface area contributed by atoms with Gasteiger partial charge in [-0.3, -0.25) is 0 Å². The molecule has 0 unspecified atom stereocenters. The van der Waals surface area contributed by atoms with Crippen molar-refractivity contribution in [2.45, 2.75) is 31.1 Å². The van der Waals surface area contributed by atoms with Crippen molar-refractivity contribution in [3.05, 3.63) is 29.8 Å². The van der Waals surface area contributed by atoms with Gasteiger partial charge in [0.25, 0.3) is 0 Å². The van der Waals surface area contributed by atoms with Crippen LogP contribution in [0, 0.1) is 0 Å². The van der Waals surface area contributed by atoms with E-state index in [-0.39, 0.29) is 5.41 Å². The highest BCUT2D eigenvalue weighted by atomic mass is 127. The van der Waals surface area contributed by atoms with Crippen molar-refractivity contribution < 1.29 is 4.74 Å². The van der Waals surface area contributed by atoms with Crippen molar-refractivity contribution in [1.29, 1.82) is 0 Å². The first kappa shape index (κ1) is 13.7. The zero-order valence-electron chi connectivity index (χ0n) is 10.8. The summed E-state index contributed by atoms with van der Waals surface area (Å²) in [5.74, 6) is 2.42. The van der Waals surface area contributed by atoms with Gasteiger partial charge in [-0.2, -0.15) is 7.20 Å². The molecule has 1 heterocycles. The number of benzene rings is 1. The lowest BCUT2D eigenvalue weighted by molar-refractivity contribution is 0.160. The summed E-state index contributed by atoms with van der Waals surface area (Å²) in [6, 6.07) is 9.29. The van der Waals surface area contributed by atoms with E-state index in [0.29, 0.717) is 0 Å². The van der Waals surface area contributed by atoms with Gasteiger partial charge in [0.1, 0.15) is 0 Å². The quantitative estimate of drug-likeness (QED) is 0.666. The fourth-order valence-electron chi connectivity index (χ4n) is 2.02. The van der Waals surface area contributed by atoms with Crippen molar-refractivity contribution in [1.82, 2.24) is 0 Å². The Morgan fingerprint density at radius 1 is 1.06 bits per heavy atom. The third-order valence-corrected chi connectivity index (χ3v) is 10.2. The van der Waals surface area contributed by atoms with Crippen LogP contribution in [0.1, 0.15) is 26.3 Å². The van der Waals surface area contributed by atoms with Gasteiger partial charge in [0.2, 0.25) is 0 Å². The van der Waals surface area contributed by atoms with Gasteiger partial charge in [-0.15, -0.1) is 0 Å². The zero-order chi connectivity index (χ0) is 12.5. The monoisotopic (exact) mass is 364 g/mol. The second kappa shape index (κ2) is 5.10. The number of hydrogen-bond donors (Lipinski definition) is 0. The molecule has 96 valence electrons. The van der Waals surface area contributed by atoms with Gasteiger partial charge < -0.3 is 4.74 Å². The largest absolute Gasteiger partial charge is 0.380 e. The predicted molar refractivity (Wildman–Crippen MR) is 85.6 cm³/mol. The maximum absolute atomic E-state index is 5.48. The molecule has 0 bridgehead atoms. The molecule has 0 atom stereocenters. The summed E-state index contributed by atoms with van der Waals surface area (Å²) in [4.78, 5) is 1.54. The summed E-state index contributed by atoms with van der Waals surface area (Å²) in [6.07, 6.45) is 0. The third kappa shape index (κ3) is 3.18. The molecular weight excluding hydrogens is 343 g/mol. The molecule has 0 radical (unpaired) electrons. The van der Waals surface area contributed by atoms with Crippen LogP contribution < -0.4 is 0 Å². The van der Waals surface area contributed by atoms with Gasteiger partial charge >= 0.3 is 0 Å². The van der Waals surface area contributed by atoms with E-state index in [2.05, 4.69) is 66.2 Å². The Morgan fingerprint density at radius 3 is 2.06 bits per heavy atom. The van der Waals surface area contributed by atoms with Gasteiger partial charge in [0.15, 0.2) is 0 Å². The average molecular weight is 364 g/mol. The Labute approximate surface area is 118 Å². The molecule has 1 saturated heterocycles. The van der Waals surface area contributed by atoms with Crippen LogP contribution in [0.5, 0.6) is 0 Å². The Bertz CT molecular complexity index is 374. The maximum Gasteiger partial charge on any atom is 0.0552 e. The van der Waals surface area contributed by atoms with Crippen LogP contribution in [0.2, 0.25) is 0 Å². The van der Waals surface area contributed by atoms with E-state index >= 15 is 0 Å². The van der Waals surface area contributed by atoms with E-state index in [1.807, 2.05) is 0 Å². The topological polar surface area (TPSA) is 9.23 Å². The van der Waals surface area contributed by atoms with E-state index in [4.69, 9.17) is 4.74 Å². The molecular formula is C14H21IOS. The van der Waals surface area contributed by atoms with Crippen LogP contribution in [0.15, 0.2) is 29.2 Å². The highest BCUT2D eigenvalue weighted by Crippen LogP contribution is 2.63. The van der Waals surface area contributed by atoms with E-state index in [1.165, 1.54) is 22.0 Å². The molecule has 1 fully saturated rings. The number of rotatable bonds is 1. The fraction of sp³-hybridized carbons (Fsp3) is 0.571. The number of ether oxygens (including phenoxy) is 1. The molecule has 0 amide bonds. The van der Waals surface area contributed by atoms with Gasteiger partial charge in [-0.05, 0) is 49.2 Å². The zero-order valence-corrected chi connectivity index (χ0v) is 13.8. The molecule has 0 spiro atoms. The van der Waals surface area contributed by atoms with E-state index in [9.17, 15) is 0 Å². The SMILES string of the molecule is CC(C)(C)c1ccc(S2(I)CCOCC2)cc1. The van der Waals surface area contributed by atoms with Crippen LogP contribution in [0.4, 0.5) is 0 Å². The lowest BCUT2D eigenvalue weighted by atomic mass is 9.87. The third-order valence-electron chi connectivity index (χ3n) is 3.25. The summed E-state index contributed by atoms with van der Waals surface area (Å²) < 4.78 is 5.48. The molecule has 1 nitrogen and oxygen atoms in total. The first-order valence-electron chi connectivity index (χ1n) is 6.08. The van der Waals surface area contributed by atoms with Crippen molar-refractivity contribution in [2.75, 3.05) is 24.7 Å². The van der Waals surface area contributed by atoms with Gasteiger partial charge in [-0.1, -0.05) is 32.9 Å². The minimum atomic E-state index is -0.636. The Morgan fingerprint density at radius 2 is 1.59 bits per heavy atom. The van der Waals surface area contributed by atoms with Crippen molar-refractivity contribution in [2.24, 2.45) is 0 Å². The Kier molecular flexibility index (Phi) is 4.10. The predicted octanol–water partition coefficient (Wildman–Crippen LogP) is 4.53. The molecule has 1 aromatic carbocycles. The molecule has 0 N–H and O–H groups in total. The number of hydrogen-bond acceptors (Lipinski definition) is 1. The van der Waals surface area contributed by atoms with E-state index in [1.54, 1.807) is 0 Å². The molecule has 2 rings (SSSR count). The normalized spacial score (nSPS) is 22.1. The lowest BCUT2D eigenvalue weighted by Gasteiger charge is -2.37. The summed E-state index contributed by atoms with van der Waals surface area (Å²) in [5, 5.41) is 0. The molecule has 0 aromatic heterocycles. The summed E-state index contributed by atoms with van der Waals surface area (Å²) in [6.45, 7) is 8.66. The highest BCUT2D eigenvalue weighted by Gasteiger charge is 2.26. The van der Waals surface area contributed by atoms with Crippen molar-refractivity contribution in [3.8, 4) is 0 Å². The van der Waals surface area contributed by atoms with Crippen molar-refractivity contribution in [3.63, 3.8) is 0 Å². The minimum absolute atomic E-state index is 0.252. The summed E-state index contributed by atoms with van der Waals surface area (Å²) in [7, 11) is -0.636. The molecule has 0 aliphatic carbocycles. The maximum atomic E-state index is 5.48. The highest BCUT2D eigenvalue weighted by molar-refractivity contribution is 14.2. The number of halogens is 1. The van der Waals surface area contributed by atoms with Crippen molar-refractivity contribution >= 4 is 28.4 Å². The van der Waals surface area contributed by atoms with Gasteiger partial charge in [-0.25, -0.2) is 0 Å². The van der Waals surface area contributed by atoms with Gasteiger partial charge in [0.05, 0.1) is 13.2 Å². The molecule has 0 saturated carbocycles. The van der Waals surface area contributed by atoms with Crippen LogP contribution in [-0.2, 0) is 10.2 Å². The Hall–Kier alpha value is 0.260. The molecule has 3 heteroatoms. The van der Waals surface area contributed by atoms with Crippen LogP contribution in [0.25, 0.3) is 0 Å². The summed E-state index contributed by atoms with van der Waals surface area (Å²) in [5.41, 5.74) is 1.68. The van der Waals surface area contributed by atoms with Gasteiger partial charge in [0, 0.05) is 11.5 Å². The second-order valence-corrected chi connectivity index (χ2v) is 13.5. The van der Waals surface area contributed by atoms with E-state index in [0.717, 1.165) is 13.2 Å². The Balaban J connectivity index is 2.23. The van der Waals surface area contributed by atoms with Crippen LogP contribution in [0.3, 0.4) is 0 Å². The molecule has 1 aromatic rings. The van der Waals surface area contributed by atoms with E-state index < -0.39 is 7.20 Å². The molecule has 1 aliphatic rings. The smallest absolute Gasteiger partial charge is 0.0552 e. The molecule has 1 aliphatic heterocycles. The lowest BCUT2D eigenvalue weighted by Crippen LogP contribution is -2.20. The second-order valence-electron chi connectivity index (χ2n) is 5.58. The fourth-order valence-corrected chi connectivity index (χ4v) is 6.04. The standard InChI is InChI=1S/C14H21IOS/c1-14(2,3)12-4-6-13(7-5-12)17(15)10-8-16-9-11-17/h4-7H,8-11H2,1-3H3.